The van der Waals surface area contributed by atoms with Gasteiger partial charge in [0.15, 0.2) is 17.2 Å². The maximum Gasteiger partial charge on any atom is 0.357 e. The van der Waals surface area contributed by atoms with Gasteiger partial charge in [-0.25, -0.2) is 9.78 Å². The van der Waals surface area contributed by atoms with E-state index in [0.29, 0.717) is 30.1 Å². The van der Waals surface area contributed by atoms with Crippen LogP contribution in [0.25, 0.3) is 10.8 Å². The molecule has 0 spiro atoms. The maximum absolute atomic E-state index is 12.1. The molecule has 0 aliphatic rings. The molecular weight excluding hydrogens is 318 g/mol. The van der Waals surface area contributed by atoms with Gasteiger partial charge in [-0.3, -0.25) is 0 Å². The van der Waals surface area contributed by atoms with E-state index in [9.17, 15) is 4.79 Å². The van der Waals surface area contributed by atoms with E-state index in [4.69, 9.17) is 14.2 Å². The number of hydrogen-bond acceptors (Lipinski definition) is 5. The summed E-state index contributed by atoms with van der Waals surface area (Å²) in [6, 6.07) is 15.3. The molecule has 5 heteroatoms. The summed E-state index contributed by atoms with van der Waals surface area (Å²) in [5, 5.41) is 1.51. The first-order valence-electron chi connectivity index (χ1n) is 8.03. The van der Waals surface area contributed by atoms with Crippen LogP contribution in [0.3, 0.4) is 0 Å². The number of methoxy groups -OCH3 is 1. The molecule has 5 nitrogen and oxygen atoms in total. The fourth-order valence-electron chi connectivity index (χ4n) is 2.55. The fraction of sp³-hybridized carbons (Fsp3) is 0.200. The summed E-state index contributed by atoms with van der Waals surface area (Å²) in [7, 11) is 1.59. The Labute approximate surface area is 146 Å². The van der Waals surface area contributed by atoms with Crippen molar-refractivity contribution < 1.29 is 19.0 Å². The second kappa shape index (κ2) is 7.66. The van der Waals surface area contributed by atoms with Gasteiger partial charge in [-0.1, -0.05) is 30.3 Å². The Bertz CT molecular complexity index is 878. The van der Waals surface area contributed by atoms with Crippen molar-refractivity contribution in [2.75, 3.05) is 13.7 Å². The first-order valence-corrected chi connectivity index (χ1v) is 8.03. The Kier molecular flexibility index (Phi) is 5.14. The van der Waals surface area contributed by atoms with Gasteiger partial charge in [0.1, 0.15) is 6.61 Å². The second-order valence-corrected chi connectivity index (χ2v) is 5.38. The maximum atomic E-state index is 12.1. The number of rotatable bonds is 6. The highest BCUT2D eigenvalue weighted by Crippen LogP contribution is 2.34. The van der Waals surface area contributed by atoms with Crippen molar-refractivity contribution in [3.8, 4) is 11.5 Å². The van der Waals surface area contributed by atoms with Gasteiger partial charge in [-0.05, 0) is 36.1 Å². The van der Waals surface area contributed by atoms with E-state index in [1.807, 2.05) is 42.5 Å². The molecule has 0 fully saturated rings. The van der Waals surface area contributed by atoms with Crippen LogP contribution in [0.1, 0.15) is 23.0 Å². The van der Waals surface area contributed by atoms with Crippen molar-refractivity contribution in [1.29, 1.82) is 0 Å². The predicted molar refractivity (Wildman–Crippen MR) is 95.0 cm³/mol. The van der Waals surface area contributed by atoms with Crippen molar-refractivity contribution >= 4 is 16.7 Å². The molecule has 0 bridgehead atoms. The number of aromatic nitrogens is 1. The molecule has 128 valence electrons. The minimum Gasteiger partial charge on any atom is -0.493 e. The van der Waals surface area contributed by atoms with Crippen LogP contribution in [0.2, 0.25) is 0 Å². The van der Waals surface area contributed by atoms with E-state index in [1.54, 1.807) is 26.3 Å². The van der Waals surface area contributed by atoms with Crippen molar-refractivity contribution in [3.63, 3.8) is 0 Å². The van der Waals surface area contributed by atoms with Gasteiger partial charge in [0, 0.05) is 11.6 Å². The molecule has 0 aliphatic heterocycles. The molecule has 2 aromatic carbocycles. The molecule has 0 amide bonds. The minimum atomic E-state index is -0.452. The van der Waals surface area contributed by atoms with E-state index >= 15 is 0 Å². The fourth-order valence-corrected chi connectivity index (χ4v) is 2.55. The molecule has 0 atom stereocenters. The average Bonchev–Trinajstić information content (AvgIpc) is 2.66. The Morgan fingerprint density at radius 3 is 2.60 bits per heavy atom. The van der Waals surface area contributed by atoms with Crippen LogP contribution in [0.5, 0.6) is 11.5 Å². The van der Waals surface area contributed by atoms with Crippen molar-refractivity contribution in [1.82, 2.24) is 4.98 Å². The van der Waals surface area contributed by atoms with Crippen LogP contribution in [0, 0.1) is 0 Å². The summed E-state index contributed by atoms with van der Waals surface area (Å²) < 4.78 is 16.4. The van der Waals surface area contributed by atoms with E-state index in [2.05, 4.69) is 4.98 Å². The normalized spacial score (nSPS) is 10.5. The topological polar surface area (TPSA) is 57.7 Å². The molecule has 0 N–H and O–H groups in total. The summed E-state index contributed by atoms with van der Waals surface area (Å²) >= 11 is 0. The Hall–Kier alpha value is -3.08. The molecular formula is C20H19NO4. The van der Waals surface area contributed by atoms with Gasteiger partial charge in [-0.2, -0.15) is 0 Å². The van der Waals surface area contributed by atoms with Crippen molar-refractivity contribution in [2.24, 2.45) is 0 Å². The molecule has 0 unspecified atom stereocenters. The SMILES string of the molecule is CCOC(=O)c1nccc2cc(OC)c(OCc3ccccc3)cc12. The number of pyridine rings is 1. The Balaban J connectivity index is 1.99. The molecule has 1 aromatic heterocycles. The zero-order valence-corrected chi connectivity index (χ0v) is 14.2. The number of hydrogen-bond donors (Lipinski definition) is 0. The molecule has 3 aromatic rings. The molecule has 1 heterocycles. The average molecular weight is 337 g/mol. The minimum absolute atomic E-state index is 0.270. The number of ether oxygens (including phenoxy) is 3. The van der Waals surface area contributed by atoms with E-state index < -0.39 is 5.97 Å². The standard InChI is InChI=1S/C20H19NO4/c1-3-24-20(22)19-16-12-18(25-13-14-7-5-4-6-8-14)17(23-2)11-15(16)9-10-21-19/h4-12H,3,13H2,1-2H3. The van der Waals surface area contributed by atoms with Crippen molar-refractivity contribution in [2.45, 2.75) is 13.5 Å². The Morgan fingerprint density at radius 1 is 1.08 bits per heavy atom. The molecule has 0 radical (unpaired) electrons. The molecule has 0 saturated heterocycles. The lowest BCUT2D eigenvalue weighted by Gasteiger charge is -2.13. The lowest BCUT2D eigenvalue weighted by atomic mass is 10.1. The zero-order valence-electron chi connectivity index (χ0n) is 14.2. The van der Waals surface area contributed by atoms with Crippen LogP contribution < -0.4 is 9.47 Å². The predicted octanol–water partition coefficient (Wildman–Crippen LogP) is 4.00. The first kappa shape index (κ1) is 16.8. The van der Waals surface area contributed by atoms with Gasteiger partial charge in [0.05, 0.1) is 13.7 Å². The highest BCUT2D eigenvalue weighted by atomic mass is 16.5. The van der Waals surface area contributed by atoms with E-state index in [1.165, 1.54) is 0 Å². The second-order valence-electron chi connectivity index (χ2n) is 5.38. The largest absolute Gasteiger partial charge is 0.493 e. The van der Waals surface area contributed by atoms with Crippen LogP contribution in [0.4, 0.5) is 0 Å². The zero-order chi connectivity index (χ0) is 17.6. The first-order chi connectivity index (χ1) is 12.2. The number of esters is 1. The van der Waals surface area contributed by atoms with Gasteiger partial charge in [-0.15, -0.1) is 0 Å². The Morgan fingerprint density at radius 2 is 1.88 bits per heavy atom. The lowest BCUT2D eigenvalue weighted by molar-refractivity contribution is 0.0522. The number of carbonyl (C=O) groups is 1. The monoisotopic (exact) mass is 337 g/mol. The lowest BCUT2D eigenvalue weighted by Crippen LogP contribution is -2.08. The van der Waals surface area contributed by atoms with Crippen molar-refractivity contribution in [3.05, 3.63) is 66.0 Å². The van der Waals surface area contributed by atoms with Crippen LogP contribution in [0.15, 0.2) is 54.7 Å². The van der Waals surface area contributed by atoms with E-state index in [-0.39, 0.29) is 5.69 Å². The number of fused-ring (bicyclic) bond motifs is 1. The molecule has 0 aliphatic carbocycles. The summed E-state index contributed by atoms with van der Waals surface area (Å²) in [6.45, 7) is 2.46. The number of nitrogens with zero attached hydrogens (tertiary/aromatic N) is 1. The summed E-state index contributed by atoms with van der Waals surface area (Å²) in [6.07, 6.45) is 1.58. The third kappa shape index (κ3) is 3.71. The number of benzene rings is 2. The molecule has 3 rings (SSSR count). The van der Waals surface area contributed by atoms with Gasteiger partial charge >= 0.3 is 5.97 Å². The summed E-state index contributed by atoms with van der Waals surface area (Å²) in [4.78, 5) is 16.3. The summed E-state index contributed by atoms with van der Waals surface area (Å²) in [5.74, 6) is 0.703. The molecule has 0 saturated carbocycles. The third-order valence-electron chi connectivity index (χ3n) is 3.75. The smallest absolute Gasteiger partial charge is 0.357 e. The van der Waals surface area contributed by atoms with Gasteiger partial charge in [0.25, 0.3) is 0 Å². The third-order valence-corrected chi connectivity index (χ3v) is 3.75. The van der Waals surface area contributed by atoms with Crippen LogP contribution in [-0.2, 0) is 11.3 Å². The summed E-state index contributed by atoms with van der Waals surface area (Å²) in [5.41, 5.74) is 1.31. The highest BCUT2D eigenvalue weighted by Gasteiger charge is 2.16. The number of carbonyl (C=O) groups excluding carboxylic acids is 1. The van der Waals surface area contributed by atoms with Crippen LogP contribution >= 0.6 is 0 Å². The quantitative estimate of drug-likeness (QED) is 0.636. The van der Waals surface area contributed by atoms with E-state index in [0.717, 1.165) is 10.9 Å². The molecule has 25 heavy (non-hydrogen) atoms. The van der Waals surface area contributed by atoms with Gasteiger partial charge in [0.2, 0.25) is 0 Å². The van der Waals surface area contributed by atoms with Crippen LogP contribution in [-0.4, -0.2) is 24.7 Å². The highest BCUT2D eigenvalue weighted by molar-refractivity contribution is 6.03. The van der Waals surface area contributed by atoms with Gasteiger partial charge < -0.3 is 14.2 Å².